The van der Waals surface area contributed by atoms with E-state index in [2.05, 4.69) is 26.9 Å². The molecule has 1 aromatic carbocycles. The van der Waals surface area contributed by atoms with Crippen molar-refractivity contribution in [1.29, 1.82) is 0 Å². The second-order valence-corrected chi connectivity index (χ2v) is 8.66. The van der Waals surface area contributed by atoms with Crippen molar-refractivity contribution in [3.05, 3.63) is 77.3 Å². The summed E-state index contributed by atoms with van der Waals surface area (Å²) in [6.45, 7) is 5.00. The molecule has 8 nitrogen and oxygen atoms in total. The summed E-state index contributed by atoms with van der Waals surface area (Å²) in [6, 6.07) is 15.6. The molecule has 3 heterocycles. The van der Waals surface area contributed by atoms with Crippen LogP contribution in [0.3, 0.4) is 0 Å². The number of carbonyl (C=O) groups is 2. The molecule has 0 saturated carbocycles. The zero-order chi connectivity index (χ0) is 23.4. The summed E-state index contributed by atoms with van der Waals surface area (Å²) in [5, 5.41) is 8.96. The lowest BCUT2D eigenvalue weighted by Crippen LogP contribution is -2.15. The second-order valence-electron chi connectivity index (χ2n) is 7.72. The SMILES string of the molecule is Cc1cc(C(=O)CSc2nnc(-c3ccco3)n2CCC(N)=O)c(C)n1Cc1ccccc1. The molecule has 0 aliphatic rings. The van der Waals surface area contributed by atoms with Gasteiger partial charge in [-0.3, -0.25) is 14.2 Å². The molecule has 4 aromatic rings. The van der Waals surface area contributed by atoms with Gasteiger partial charge in [-0.2, -0.15) is 0 Å². The first kappa shape index (κ1) is 22.6. The lowest BCUT2D eigenvalue weighted by atomic mass is 10.2. The van der Waals surface area contributed by atoms with Crippen molar-refractivity contribution >= 4 is 23.5 Å². The highest BCUT2D eigenvalue weighted by atomic mass is 32.2. The van der Waals surface area contributed by atoms with E-state index >= 15 is 0 Å². The Morgan fingerprint density at radius 3 is 2.55 bits per heavy atom. The zero-order valence-corrected chi connectivity index (χ0v) is 19.3. The van der Waals surface area contributed by atoms with Crippen molar-refractivity contribution in [2.45, 2.75) is 38.5 Å². The predicted molar refractivity (Wildman–Crippen MR) is 126 cm³/mol. The van der Waals surface area contributed by atoms with Crippen LogP contribution in [0.1, 0.15) is 33.7 Å². The minimum absolute atomic E-state index is 0.0106. The highest BCUT2D eigenvalue weighted by Crippen LogP contribution is 2.26. The van der Waals surface area contributed by atoms with Gasteiger partial charge in [0.25, 0.3) is 0 Å². The number of aromatic nitrogens is 4. The molecule has 3 aromatic heterocycles. The summed E-state index contributed by atoms with van der Waals surface area (Å²) in [7, 11) is 0. The van der Waals surface area contributed by atoms with E-state index in [1.165, 1.54) is 17.3 Å². The maximum atomic E-state index is 13.1. The molecule has 4 rings (SSSR count). The largest absolute Gasteiger partial charge is 0.461 e. The van der Waals surface area contributed by atoms with Gasteiger partial charge in [0.05, 0.1) is 12.0 Å². The first-order chi connectivity index (χ1) is 15.9. The summed E-state index contributed by atoms with van der Waals surface area (Å²) in [6.07, 6.45) is 1.68. The van der Waals surface area contributed by atoms with Crippen LogP contribution in [0.5, 0.6) is 0 Å². The molecule has 0 radical (unpaired) electrons. The fourth-order valence-electron chi connectivity index (χ4n) is 3.71. The Balaban J connectivity index is 1.51. The first-order valence-corrected chi connectivity index (χ1v) is 11.5. The topological polar surface area (TPSA) is 109 Å². The van der Waals surface area contributed by atoms with Gasteiger partial charge in [0.1, 0.15) is 0 Å². The van der Waals surface area contributed by atoms with Crippen molar-refractivity contribution in [2.75, 3.05) is 5.75 Å². The van der Waals surface area contributed by atoms with Crippen molar-refractivity contribution in [2.24, 2.45) is 5.73 Å². The number of nitrogens with zero attached hydrogens (tertiary/aromatic N) is 4. The van der Waals surface area contributed by atoms with Crippen LogP contribution < -0.4 is 5.73 Å². The fourth-order valence-corrected chi connectivity index (χ4v) is 4.56. The third-order valence-electron chi connectivity index (χ3n) is 5.43. The molecule has 0 aliphatic heterocycles. The van der Waals surface area contributed by atoms with Crippen LogP contribution in [0.4, 0.5) is 0 Å². The number of Topliss-reactive ketones (excluding diaryl/α,β-unsaturated/α-hetero) is 1. The number of carbonyl (C=O) groups excluding carboxylic acids is 2. The minimum atomic E-state index is -0.424. The molecule has 33 heavy (non-hydrogen) atoms. The van der Waals surface area contributed by atoms with E-state index in [1.54, 1.807) is 23.0 Å². The van der Waals surface area contributed by atoms with E-state index in [-0.39, 0.29) is 18.0 Å². The standard InChI is InChI=1S/C24H25N5O3S/c1-16-13-19(17(2)29(16)14-18-7-4-3-5-8-18)20(30)15-33-24-27-26-23(21-9-6-12-32-21)28(24)11-10-22(25)31/h3-9,12-13H,10-11,14-15H2,1-2H3,(H2,25,31). The number of hydrogen-bond donors (Lipinski definition) is 1. The number of primary amides is 1. The van der Waals surface area contributed by atoms with Crippen LogP contribution in [0.15, 0.2) is 64.4 Å². The third-order valence-corrected chi connectivity index (χ3v) is 6.40. The number of thioether (sulfide) groups is 1. The molecule has 0 atom stereocenters. The van der Waals surface area contributed by atoms with Crippen molar-refractivity contribution in [3.63, 3.8) is 0 Å². The van der Waals surface area contributed by atoms with Crippen molar-refractivity contribution in [1.82, 2.24) is 19.3 Å². The van der Waals surface area contributed by atoms with Gasteiger partial charge in [0, 0.05) is 36.5 Å². The summed E-state index contributed by atoms with van der Waals surface area (Å²) < 4.78 is 9.35. The monoisotopic (exact) mass is 463 g/mol. The van der Waals surface area contributed by atoms with E-state index in [9.17, 15) is 9.59 Å². The molecular formula is C24H25N5O3S. The Bertz CT molecular complexity index is 1260. The molecule has 0 fully saturated rings. The van der Waals surface area contributed by atoms with Crippen molar-refractivity contribution in [3.8, 4) is 11.6 Å². The Labute approximate surface area is 195 Å². The van der Waals surface area contributed by atoms with Gasteiger partial charge in [-0.15, -0.1) is 10.2 Å². The number of rotatable bonds is 10. The Hall–Kier alpha value is -3.59. The van der Waals surface area contributed by atoms with Crippen LogP contribution in [0, 0.1) is 13.8 Å². The van der Waals surface area contributed by atoms with Gasteiger partial charge in [-0.1, -0.05) is 42.1 Å². The van der Waals surface area contributed by atoms with Crippen LogP contribution in [0.25, 0.3) is 11.6 Å². The summed E-state index contributed by atoms with van der Waals surface area (Å²) in [4.78, 5) is 24.4. The van der Waals surface area contributed by atoms with Crippen LogP contribution in [0.2, 0.25) is 0 Å². The number of nitrogens with two attached hydrogens (primary N) is 1. The number of amides is 1. The van der Waals surface area contributed by atoms with Crippen LogP contribution >= 0.6 is 11.8 Å². The lowest BCUT2D eigenvalue weighted by Gasteiger charge is -2.10. The van der Waals surface area contributed by atoms with Gasteiger partial charge >= 0.3 is 0 Å². The molecular weight excluding hydrogens is 438 g/mol. The Morgan fingerprint density at radius 2 is 1.85 bits per heavy atom. The average Bonchev–Trinajstić information content (AvgIpc) is 3.53. The third kappa shape index (κ3) is 5.09. The van der Waals surface area contributed by atoms with Gasteiger partial charge in [0.2, 0.25) is 5.91 Å². The molecule has 0 bridgehead atoms. The molecule has 170 valence electrons. The zero-order valence-electron chi connectivity index (χ0n) is 18.5. The average molecular weight is 464 g/mol. The molecule has 2 N–H and O–H groups in total. The van der Waals surface area contributed by atoms with Crippen LogP contribution in [-0.2, 0) is 17.9 Å². The maximum absolute atomic E-state index is 13.1. The van der Waals surface area contributed by atoms with Gasteiger partial charge in [0.15, 0.2) is 22.5 Å². The number of furan rings is 1. The number of benzene rings is 1. The highest BCUT2D eigenvalue weighted by Gasteiger charge is 2.20. The summed E-state index contributed by atoms with van der Waals surface area (Å²) in [5.41, 5.74) is 9.19. The second kappa shape index (κ2) is 9.91. The van der Waals surface area contributed by atoms with E-state index in [4.69, 9.17) is 10.2 Å². The molecule has 0 unspecified atom stereocenters. The molecule has 0 aliphatic carbocycles. The minimum Gasteiger partial charge on any atom is -0.461 e. The fraction of sp³-hybridized carbons (Fsp3) is 0.250. The Kier molecular flexibility index (Phi) is 6.79. The smallest absolute Gasteiger partial charge is 0.219 e. The van der Waals surface area contributed by atoms with E-state index in [0.717, 1.165) is 11.4 Å². The van der Waals surface area contributed by atoms with E-state index in [1.807, 2.05) is 38.1 Å². The van der Waals surface area contributed by atoms with E-state index < -0.39 is 5.91 Å². The molecule has 1 amide bonds. The summed E-state index contributed by atoms with van der Waals surface area (Å²) in [5.74, 6) is 0.817. The van der Waals surface area contributed by atoms with Gasteiger partial charge in [-0.25, -0.2) is 0 Å². The van der Waals surface area contributed by atoms with Crippen LogP contribution in [-0.4, -0.2) is 36.8 Å². The molecule has 0 spiro atoms. The highest BCUT2D eigenvalue weighted by molar-refractivity contribution is 7.99. The van der Waals surface area contributed by atoms with E-state index in [0.29, 0.717) is 35.4 Å². The predicted octanol–water partition coefficient (Wildman–Crippen LogP) is 3.86. The number of aryl methyl sites for hydroxylation is 1. The van der Waals surface area contributed by atoms with Gasteiger partial charge in [-0.05, 0) is 37.6 Å². The van der Waals surface area contributed by atoms with Crippen molar-refractivity contribution < 1.29 is 14.0 Å². The first-order valence-electron chi connectivity index (χ1n) is 10.6. The number of hydrogen-bond acceptors (Lipinski definition) is 6. The lowest BCUT2D eigenvalue weighted by molar-refractivity contribution is -0.118. The quantitative estimate of drug-likeness (QED) is 0.283. The summed E-state index contributed by atoms with van der Waals surface area (Å²) >= 11 is 1.28. The molecule has 9 heteroatoms. The Morgan fingerprint density at radius 1 is 1.06 bits per heavy atom. The normalized spacial score (nSPS) is 11.1. The number of ketones is 1. The van der Waals surface area contributed by atoms with Gasteiger partial charge < -0.3 is 14.7 Å². The maximum Gasteiger partial charge on any atom is 0.219 e. The molecule has 0 saturated heterocycles.